The average Bonchev–Trinajstić information content (AvgIpc) is 2.80. The minimum absolute atomic E-state index is 0.147. The van der Waals surface area contributed by atoms with Gasteiger partial charge in [0.15, 0.2) is 0 Å². The van der Waals surface area contributed by atoms with Crippen molar-refractivity contribution in [2.24, 2.45) is 0 Å². The third-order valence-electron chi connectivity index (χ3n) is 1.96. The SMILES string of the molecule is O=C(NCc1cc[nH]c1)c1ccnnc1. The lowest BCUT2D eigenvalue weighted by Gasteiger charge is -2.02. The first kappa shape index (κ1) is 9.39. The minimum atomic E-state index is -0.147. The van der Waals surface area contributed by atoms with Crippen LogP contribution >= 0.6 is 0 Å². The van der Waals surface area contributed by atoms with Crippen molar-refractivity contribution in [3.63, 3.8) is 0 Å². The number of carbonyl (C=O) groups is 1. The zero-order chi connectivity index (χ0) is 10.5. The molecule has 2 aromatic heterocycles. The fourth-order valence-electron chi connectivity index (χ4n) is 1.18. The summed E-state index contributed by atoms with van der Waals surface area (Å²) in [5.74, 6) is -0.147. The van der Waals surface area contributed by atoms with E-state index in [2.05, 4.69) is 20.5 Å². The van der Waals surface area contributed by atoms with Crippen LogP contribution in [0.3, 0.4) is 0 Å². The largest absolute Gasteiger partial charge is 0.367 e. The third-order valence-corrected chi connectivity index (χ3v) is 1.96. The quantitative estimate of drug-likeness (QED) is 0.771. The number of H-pyrrole nitrogens is 1. The van der Waals surface area contributed by atoms with Crippen LogP contribution in [0.5, 0.6) is 0 Å². The topological polar surface area (TPSA) is 70.7 Å². The Morgan fingerprint density at radius 2 is 2.33 bits per heavy atom. The van der Waals surface area contributed by atoms with Crippen LogP contribution in [0.25, 0.3) is 0 Å². The van der Waals surface area contributed by atoms with Gasteiger partial charge in [-0.15, -0.1) is 0 Å². The van der Waals surface area contributed by atoms with Crippen molar-refractivity contribution in [1.29, 1.82) is 0 Å². The molecular formula is C10H10N4O. The maximum atomic E-state index is 11.6. The normalized spacial score (nSPS) is 9.87. The second kappa shape index (κ2) is 4.36. The highest BCUT2D eigenvalue weighted by molar-refractivity contribution is 5.93. The summed E-state index contributed by atoms with van der Waals surface area (Å²) in [6.07, 6.45) is 6.58. The zero-order valence-corrected chi connectivity index (χ0v) is 7.97. The van der Waals surface area contributed by atoms with Crippen molar-refractivity contribution in [2.75, 3.05) is 0 Å². The molecular weight excluding hydrogens is 192 g/mol. The van der Waals surface area contributed by atoms with E-state index in [0.29, 0.717) is 12.1 Å². The summed E-state index contributed by atoms with van der Waals surface area (Å²) in [4.78, 5) is 14.5. The second-order valence-electron chi connectivity index (χ2n) is 3.03. The van der Waals surface area contributed by atoms with Crippen molar-refractivity contribution in [3.05, 3.63) is 48.0 Å². The van der Waals surface area contributed by atoms with Gasteiger partial charge in [0, 0.05) is 18.9 Å². The van der Waals surface area contributed by atoms with Crippen molar-refractivity contribution < 1.29 is 4.79 Å². The van der Waals surface area contributed by atoms with Crippen LogP contribution in [-0.4, -0.2) is 21.1 Å². The molecule has 5 nitrogen and oxygen atoms in total. The minimum Gasteiger partial charge on any atom is -0.367 e. The Bertz CT molecular complexity index is 424. The molecule has 0 saturated carbocycles. The lowest BCUT2D eigenvalue weighted by Crippen LogP contribution is -2.22. The van der Waals surface area contributed by atoms with Crippen molar-refractivity contribution in [3.8, 4) is 0 Å². The van der Waals surface area contributed by atoms with Crippen LogP contribution in [0.4, 0.5) is 0 Å². The van der Waals surface area contributed by atoms with Crippen LogP contribution in [0.2, 0.25) is 0 Å². The Kier molecular flexibility index (Phi) is 2.73. The Morgan fingerprint density at radius 1 is 1.40 bits per heavy atom. The van der Waals surface area contributed by atoms with Crippen LogP contribution < -0.4 is 5.32 Å². The van der Waals surface area contributed by atoms with Crippen LogP contribution in [-0.2, 0) is 6.54 Å². The van der Waals surface area contributed by atoms with Gasteiger partial charge in [0.2, 0.25) is 0 Å². The number of hydrogen-bond acceptors (Lipinski definition) is 3. The summed E-state index contributed by atoms with van der Waals surface area (Å²) in [7, 11) is 0. The van der Waals surface area contributed by atoms with Gasteiger partial charge in [-0.25, -0.2) is 0 Å². The number of amides is 1. The number of rotatable bonds is 3. The first-order valence-electron chi connectivity index (χ1n) is 4.53. The number of hydrogen-bond donors (Lipinski definition) is 2. The lowest BCUT2D eigenvalue weighted by molar-refractivity contribution is 0.0950. The Hall–Kier alpha value is -2.17. The van der Waals surface area contributed by atoms with Crippen molar-refractivity contribution in [1.82, 2.24) is 20.5 Å². The summed E-state index contributed by atoms with van der Waals surface area (Å²) in [6, 6.07) is 3.53. The first-order valence-corrected chi connectivity index (χ1v) is 4.53. The molecule has 2 N–H and O–H groups in total. The monoisotopic (exact) mass is 202 g/mol. The van der Waals surface area contributed by atoms with Crippen LogP contribution in [0, 0.1) is 0 Å². The van der Waals surface area contributed by atoms with E-state index in [1.165, 1.54) is 12.4 Å². The number of aromatic nitrogens is 3. The zero-order valence-electron chi connectivity index (χ0n) is 7.97. The highest BCUT2D eigenvalue weighted by Gasteiger charge is 2.04. The molecule has 0 radical (unpaired) electrons. The van der Waals surface area contributed by atoms with Crippen molar-refractivity contribution in [2.45, 2.75) is 6.54 Å². The smallest absolute Gasteiger partial charge is 0.253 e. The van der Waals surface area contributed by atoms with Gasteiger partial charge in [-0.1, -0.05) is 0 Å². The van der Waals surface area contributed by atoms with Gasteiger partial charge in [0.25, 0.3) is 5.91 Å². The van der Waals surface area contributed by atoms with Gasteiger partial charge in [-0.3, -0.25) is 4.79 Å². The molecule has 0 bridgehead atoms. The molecule has 0 aliphatic carbocycles. The molecule has 5 heteroatoms. The van der Waals surface area contributed by atoms with E-state index < -0.39 is 0 Å². The molecule has 0 fully saturated rings. The molecule has 0 atom stereocenters. The Labute approximate surface area is 86.5 Å². The second-order valence-corrected chi connectivity index (χ2v) is 3.03. The van der Waals surface area contributed by atoms with Gasteiger partial charge in [0.1, 0.15) is 0 Å². The number of aromatic amines is 1. The van der Waals surface area contributed by atoms with Crippen LogP contribution in [0.15, 0.2) is 36.9 Å². The lowest BCUT2D eigenvalue weighted by atomic mass is 10.3. The van der Waals surface area contributed by atoms with Gasteiger partial charge in [-0.2, -0.15) is 10.2 Å². The fraction of sp³-hybridized carbons (Fsp3) is 0.100. The first-order chi connectivity index (χ1) is 7.36. The van der Waals surface area contributed by atoms with Gasteiger partial charge < -0.3 is 10.3 Å². The maximum absolute atomic E-state index is 11.6. The van der Waals surface area contributed by atoms with Gasteiger partial charge in [-0.05, 0) is 17.7 Å². The average molecular weight is 202 g/mol. The molecule has 2 rings (SSSR count). The standard InChI is InChI=1S/C10H10N4O/c15-10(9-2-4-13-14-7-9)12-6-8-1-3-11-5-8/h1-5,7,11H,6H2,(H,12,15). The van der Waals surface area contributed by atoms with E-state index >= 15 is 0 Å². The molecule has 0 aliphatic heterocycles. The molecule has 2 heterocycles. The van der Waals surface area contributed by atoms with E-state index in [-0.39, 0.29) is 5.91 Å². The predicted octanol–water partition coefficient (Wildman–Crippen LogP) is 0.735. The van der Waals surface area contributed by atoms with Crippen LogP contribution in [0.1, 0.15) is 15.9 Å². The van der Waals surface area contributed by atoms with E-state index in [1.54, 1.807) is 6.07 Å². The summed E-state index contributed by atoms with van der Waals surface area (Å²) < 4.78 is 0. The number of nitrogens with one attached hydrogen (secondary N) is 2. The Morgan fingerprint density at radius 3 is 3.00 bits per heavy atom. The Balaban J connectivity index is 1.94. The number of nitrogens with zero attached hydrogens (tertiary/aromatic N) is 2. The van der Waals surface area contributed by atoms with E-state index in [1.807, 2.05) is 18.5 Å². The molecule has 0 aromatic carbocycles. The molecule has 76 valence electrons. The molecule has 0 spiro atoms. The number of carbonyl (C=O) groups excluding carboxylic acids is 1. The third kappa shape index (κ3) is 2.40. The van der Waals surface area contributed by atoms with E-state index in [4.69, 9.17) is 0 Å². The van der Waals surface area contributed by atoms with E-state index in [0.717, 1.165) is 5.56 Å². The maximum Gasteiger partial charge on any atom is 0.253 e. The predicted molar refractivity (Wildman–Crippen MR) is 54.0 cm³/mol. The summed E-state index contributed by atoms with van der Waals surface area (Å²) in [5, 5.41) is 10.0. The molecule has 15 heavy (non-hydrogen) atoms. The highest BCUT2D eigenvalue weighted by atomic mass is 16.1. The molecule has 1 amide bonds. The van der Waals surface area contributed by atoms with E-state index in [9.17, 15) is 4.79 Å². The molecule has 2 aromatic rings. The van der Waals surface area contributed by atoms with Crippen molar-refractivity contribution >= 4 is 5.91 Å². The molecule has 0 aliphatic rings. The van der Waals surface area contributed by atoms with Gasteiger partial charge in [0.05, 0.1) is 18.0 Å². The summed E-state index contributed by atoms with van der Waals surface area (Å²) in [6.45, 7) is 0.505. The van der Waals surface area contributed by atoms with Gasteiger partial charge >= 0.3 is 0 Å². The highest BCUT2D eigenvalue weighted by Crippen LogP contribution is 1.98. The summed E-state index contributed by atoms with van der Waals surface area (Å²) >= 11 is 0. The molecule has 0 unspecified atom stereocenters. The molecule has 0 saturated heterocycles. The summed E-state index contributed by atoms with van der Waals surface area (Å²) in [5.41, 5.74) is 1.55. The fourth-order valence-corrected chi connectivity index (χ4v) is 1.18.